The fourth-order valence-corrected chi connectivity index (χ4v) is 2.09. The second-order valence-corrected chi connectivity index (χ2v) is 6.22. The molecule has 18 heavy (non-hydrogen) atoms. The summed E-state index contributed by atoms with van der Waals surface area (Å²) in [7, 11) is -0.699. The Kier molecular flexibility index (Phi) is 3.47. The Balaban J connectivity index is 2.34. The molecule has 0 N–H and O–H groups in total. The Labute approximate surface area is 112 Å². The predicted molar refractivity (Wildman–Crippen MR) is 71.7 cm³/mol. The Morgan fingerprint density at radius 1 is 1.22 bits per heavy atom. The van der Waals surface area contributed by atoms with Crippen LogP contribution in [0.4, 0.5) is 4.39 Å². The summed E-state index contributed by atoms with van der Waals surface area (Å²) in [6.45, 7) is 7.76. The molecule has 0 spiro atoms. The number of hydrogen-bond acceptors (Lipinski definition) is 4. The summed E-state index contributed by atoms with van der Waals surface area (Å²) in [4.78, 5) is 4.63. The smallest absolute Gasteiger partial charge is 0.399 e. The van der Waals surface area contributed by atoms with Crippen molar-refractivity contribution in [3.8, 4) is 0 Å². The topological polar surface area (TPSA) is 31.4 Å². The lowest BCUT2D eigenvalue weighted by Gasteiger charge is -2.32. The molecule has 1 fully saturated rings. The van der Waals surface area contributed by atoms with E-state index in [1.54, 1.807) is 6.07 Å². The fourth-order valence-electron chi connectivity index (χ4n) is 1.69. The Hall–Kier alpha value is -0.585. The normalized spacial score (nSPS) is 21.3. The largest absolute Gasteiger partial charge is 0.499 e. The predicted octanol–water partition coefficient (Wildman–Crippen LogP) is 2.24. The molecule has 0 amide bonds. The quantitative estimate of drug-likeness (QED) is 0.468. The molecule has 1 aliphatic heterocycles. The van der Waals surface area contributed by atoms with Crippen molar-refractivity contribution < 1.29 is 13.7 Å². The van der Waals surface area contributed by atoms with Crippen LogP contribution in [0.2, 0.25) is 0 Å². The van der Waals surface area contributed by atoms with Crippen LogP contribution in [0.5, 0.6) is 0 Å². The van der Waals surface area contributed by atoms with Gasteiger partial charge in [0.25, 0.3) is 0 Å². The van der Waals surface area contributed by atoms with E-state index >= 15 is 0 Å². The minimum absolute atomic E-state index is 0.362. The van der Waals surface area contributed by atoms with Crippen molar-refractivity contribution >= 4 is 24.3 Å². The number of hydrogen-bond donors (Lipinski definition) is 0. The molecule has 0 bridgehead atoms. The molecular weight excluding hydrogens is 252 g/mol. The van der Waals surface area contributed by atoms with Crippen LogP contribution < -0.4 is 5.46 Å². The Morgan fingerprint density at radius 2 is 1.78 bits per heavy atom. The minimum atomic E-state index is -0.699. The zero-order valence-electron chi connectivity index (χ0n) is 11.3. The molecule has 0 atom stereocenters. The summed E-state index contributed by atoms with van der Waals surface area (Å²) >= 11 is 1.51. The SMILES string of the molecule is CSc1cnc(F)c(B2OC(C)(C)C(C)(C)O2)c1. The van der Waals surface area contributed by atoms with Gasteiger partial charge in [-0.05, 0) is 40.0 Å². The zero-order valence-corrected chi connectivity index (χ0v) is 12.1. The lowest BCUT2D eigenvalue weighted by Crippen LogP contribution is -2.41. The first kappa shape index (κ1) is 13.8. The first-order chi connectivity index (χ1) is 8.27. The Morgan fingerprint density at radius 3 is 2.28 bits per heavy atom. The van der Waals surface area contributed by atoms with E-state index in [4.69, 9.17) is 9.31 Å². The van der Waals surface area contributed by atoms with Gasteiger partial charge in [0.2, 0.25) is 5.95 Å². The molecule has 6 heteroatoms. The molecule has 2 rings (SSSR count). The monoisotopic (exact) mass is 269 g/mol. The molecule has 2 heterocycles. The number of rotatable bonds is 2. The van der Waals surface area contributed by atoms with Crippen LogP contribution in [-0.4, -0.2) is 29.6 Å². The molecule has 0 radical (unpaired) electrons. The first-order valence-electron chi connectivity index (χ1n) is 5.82. The van der Waals surface area contributed by atoms with Crippen LogP contribution in [0, 0.1) is 5.95 Å². The van der Waals surface area contributed by atoms with Gasteiger partial charge in [-0.3, -0.25) is 0 Å². The van der Waals surface area contributed by atoms with Gasteiger partial charge in [-0.1, -0.05) is 0 Å². The van der Waals surface area contributed by atoms with Gasteiger partial charge in [0.05, 0.1) is 11.2 Å². The van der Waals surface area contributed by atoms with Crippen molar-refractivity contribution in [3.05, 3.63) is 18.2 Å². The van der Waals surface area contributed by atoms with Gasteiger partial charge in [0.15, 0.2) is 0 Å². The lowest BCUT2D eigenvalue weighted by molar-refractivity contribution is 0.00578. The highest BCUT2D eigenvalue weighted by atomic mass is 32.2. The van der Waals surface area contributed by atoms with Crippen molar-refractivity contribution in [2.75, 3.05) is 6.26 Å². The summed E-state index contributed by atoms with van der Waals surface area (Å²) in [5.41, 5.74) is -0.584. The van der Waals surface area contributed by atoms with Crippen molar-refractivity contribution in [2.45, 2.75) is 43.8 Å². The van der Waals surface area contributed by atoms with Crippen LogP contribution in [0.3, 0.4) is 0 Å². The van der Waals surface area contributed by atoms with Crippen molar-refractivity contribution in [2.24, 2.45) is 0 Å². The zero-order chi connectivity index (χ0) is 13.6. The molecular formula is C12H17BFNO2S. The average Bonchev–Trinajstić information content (AvgIpc) is 2.48. The fraction of sp³-hybridized carbons (Fsp3) is 0.583. The molecule has 1 aliphatic rings. The molecule has 0 aromatic carbocycles. The number of halogens is 1. The summed E-state index contributed by atoms with van der Waals surface area (Å²) in [6, 6.07) is 1.73. The lowest BCUT2D eigenvalue weighted by atomic mass is 9.80. The second-order valence-electron chi connectivity index (χ2n) is 5.34. The van der Waals surface area contributed by atoms with Gasteiger partial charge in [0, 0.05) is 16.6 Å². The minimum Gasteiger partial charge on any atom is -0.399 e. The van der Waals surface area contributed by atoms with Crippen LogP contribution >= 0.6 is 11.8 Å². The highest BCUT2D eigenvalue weighted by Gasteiger charge is 2.52. The van der Waals surface area contributed by atoms with E-state index in [0.717, 1.165) is 4.90 Å². The first-order valence-corrected chi connectivity index (χ1v) is 7.04. The maximum atomic E-state index is 13.8. The number of thioether (sulfide) groups is 1. The Bertz CT molecular complexity index is 451. The highest BCUT2D eigenvalue weighted by molar-refractivity contribution is 7.98. The molecule has 0 saturated carbocycles. The van der Waals surface area contributed by atoms with E-state index in [0.29, 0.717) is 5.46 Å². The molecule has 1 aromatic heterocycles. The van der Waals surface area contributed by atoms with Crippen LogP contribution in [0.15, 0.2) is 17.2 Å². The third-order valence-corrected chi connectivity index (χ3v) is 4.28. The molecule has 1 saturated heterocycles. The third-order valence-electron chi connectivity index (χ3n) is 3.58. The van der Waals surface area contributed by atoms with Gasteiger partial charge in [-0.2, -0.15) is 4.39 Å². The summed E-state index contributed by atoms with van der Waals surface area (Å²) in [5.74, 6) is -0.536. The van der Waals surface area contributed by atoms with Crippen molar-refractivity contribution in [3.63, 3.8) is 0 Å². The molecule has 0 unspecified atom stereocenters. The third kappa shape index (κ3) is 2.29. The number of pyridine rings is 1. The average molecular weight is 269 g/mol. The van der Waals surface area contributed by atoms with E-state index in [-0.39, 0.29) is 0 Å². The van der Waals surface area contributed by atoms with Crippen molar-refractivity contribution in [1.82, 2.24) is 4.98 Å². The molecule has 0 aliphatic carbocycles. The number of aromatic nitrogens is 1. The van der Waals surface area contributed by atoms with Gasteiger partial charge < -0.3 is 9.31 Å². The van der Waals surface area contributed by atoms with E-state index in [2.05, 4.69) is 4.98 Å². The maximum absolute atomic E-state index is 13.8. The van der Waals surface area contributed by atoms with E-state index in [1.807, 2.05) is 34.0 Å². The van der Waals surface area contributed by atoms with Crippen LogP contribution in [0.25, 0.3) is 0 Å². The van der Waals surface area contributed by atoms with Gasteiger partial charge in [-0.15, -0.1) is 11.8 Å². The summed E-state index contributed by atoms with van der Waals surface area (Å²) < 4.78 is 25.4. The standard InChI is InChI=1S/C12H17BFNO2S/c1-11(2)12(3,4)17-13(16-11)9-6-8(18-5)7-15-10(9)14/h6-7H,1-5H3. The molecule has 1 aromatic rings. The van der Waals surface area contributed by atoms with Gasteiger partial charge >= 0.3 is 7.12 Å². The van der Waals surface area contributed by atoms with E-state index < -0.39 is 24.3 Å². The molecule has 98 valence electrons. The van der Waals surface area contributed by atoms with E-state index in [9.17, 15) is 4.39 Å². The van der Waals surface area contributed by atoms with Gasteiger partial charge in [-0.25, -0.2) is 4.98 Å². The molecule has 3 nitrogen and oxygen atoms in total. The summed E-state index contributed by atoms with van der Waals surface area (Å²) in [5, 5.41) is 0. The van der Waals surface area contributed by atoms with E-state index in [1.165, 1.54) is 18.0 Å². The van der Waals surface area contributed by atoms with Gasteiger partial charge in [0.1, 0.15) is 0 Å². The second kappa shape index (κ2) is 4.51. The van der Waals surface area contributed by atoms with Crippen LogP contribution in [0.1, 0.15) is 27.7 Å². The number of nitrogens with zero attached hydrogens (tertiary/aromatic N) is 1. The maximum Gasteiger partial charge on any atom is 0.499 e. The summed E-state index contributed by atoms with van der Waals surface area (Å²) in [6.07, 6.45) is 3.43. The van der Waals surface area contributed by atoms with Crippen LogP contribution in [-0.2, 0) is 9.31 Å². The van der Waals surface area contributed by atoms with Crippen molar-refractivity contribution in [1.29, 1.82) is 0 Å². The highest BCUT2D eigenvalue weighted by Crippen LogP contribution is 2.36.